The lowest BCUT2D eigenvalue weighted by Crippen LogP contribution is -2.32. The maximum Gasteiger partial charge on any atom is 0.327 e. The van der Waals surface area contributed by atoms with Crippen molar-refractivity contribution in [1.82, 2.24) is 15.1 Å². The normalized spacial score (nSPS) is 12.4. The number of nitrogens with zero attached hydrogens (tertiary/aromatic N) is 2. The second-order valence-corrected chi connectivity index (χ2v) is 4.17. The molecule has 1 heterocycles. The van der Waals surface area contributed by atoms with Gasteiger partial charge in [-0.15, -0.1) is 0 Å². The van der Waals surface area contributed by atoms with E-state index >= 15 is 0 Å². The SMILES string of the molecule is CCCn1cc(C(NCCOC)C(=O)OCC)cn1. The smallest absolute Gasteiger partial charge is 0.327 e. The highest BCUT2D eigenvalue weighted by molar-refractivity contribution is 5.77. The molecule has 0 aliphatic carbocycles. The third-order valence-corrected chi connectivity index (χ3v) is 2.62. The van der Waals surface area contributed by atoms with Crippen LogP contribution in [0.1, 0.15) is 31.9 Å². The number of ether oxygens (including phenoxy) is 2. The molecule has 1 rings (SSSR count). The first-order valence-corrected chi connectivity index (χ1v) is 6.64. The Balaban J connectivity index is 2.72. The summed E-state index contributed by atoms with van der Waals surface area (Å²) in [5.41, 5.74) is 0.822. The molecule has 0 amide bonds. The fourth-order valence-electron chi connectivity index (χ4n) is 1.75. The Hall–Kier alpha value is -1.40. The molecule has 0 spiro atoms. The van der Waals surface area contributed by atoms with Gasteiger partial charge in [0, 0.05) is 32.0 Å². The van der Waals surface area contributed by atoms with Crippen molar-refractivity contribution in [2.75, 3.05) is 26.9 Å². The maximum absolute atomic E-state index is 11.9. The van der Waals surface area contributed by atoms with Crippen LogP contribution in [0.5, 0.6) is 0 Å². The molecule has 0 aromatic carbocycles. The lowest BCUT2D eigenvalue weighted by Gasteiger charge is -2.15. The molecular formula is C13H23N3O3. The van der Waals surface area contributed by atoms with Crippen molar-refractivity contribution in [3.8, 4) is 0 Å². The van der Waals surface area contributed by atoms with Gasteiger partial charge in [-0.3, -0.25) is 10.00 Å². The summed E-state index contributed by atoms with van der Waals surface area (Å²) in [6, 6.07) is -0.485. The molecular weight excluding hydrogens is 246 g/mol. The van der Waals surface area contributed by atoms with Crippen LogP contribution < -0.4 is 5.32 Å². The summed E-state index contributed by atoms with van der Waals surface area (Å²) in [6.45, 7) is 6.21. The highest BCUT2D eigenvalue weighted by atomic mass is 16.5. The van der Waals surface area contributed by atoms with Gasteiger partial charge in [0.25, 0.3) is 0 Å². The van der Waals surface area contributed by atoms with Gasteiger partial charge >= 0.3 is 5.97 Å². The minimum absolute atomic E-state index is 0.283. The minimum atomic E-state index is -0.485. The summed E-state index contributed by atoms with van der Waals surface area (Å²) >= 11 is 0. The van der Waals surface area contributed by atoms with Crippen molar-refractivity contribution in [3.05, 3.63) is 18.0 Å². The summed E-state index contributed by atoms with van der Waals surface area (Å²) < 4.78 is 11.9. The second kappa shape index (κ2) is 8.66. The fourth-order valence-corrected chi connectivity index (χ4v) is 1.75. The lowest BCUT2D eigenvalue weighted by atomic mass is 10.1. The van der Waals surface area contributed by atoms with Gasteiger partial charge in [0.2, 0.25) is 0 Å². The quantitative estimate of drug-likeness (QED) is 0.538. The Morgan fingerprint density at radius 3 is 2.95 bits per heavy atom. The number of carbonyl (C=O) groups excluding carboxylic acids is 1. The van der Waals surface area contributed by atoms with E-state index in [2.05, 4.69) is 17.3 Å². The third-order valence-electron chi connectivity index (χ3n) is 2.62. The van der Waals surface area contributed by atoms with E-state index in [9.17, 15) is 4.79 Å². The minimum Gasteiger partial charge on any atom is -0.465 e. The van der Waals surface area contributed by atoms with E-state index in [1.54, 1.807) is 20.2 Å². The molecule has 0 aliphatic rings. The number of hydrogen-bond acceptors (Lipinski definition) is 5. The van der Waals surface area contributed by atoms with Crippen molar-refractivity contribution in [2.24, 2.45) is 0 Å². The van der Waals surface area contributed by atoms with E-state index in [4.69, 9.17) is 9.47 Å². The van der Waals surface area contributed by atoms with Crippen molar-refractivity contribution in [1.29, 1.82) is 0 Å². The third kappa shape index (κ3) is 5.00. The molecule has 1 atom stereocenters. The standard InChI is InChI=1S/C13H23N3O3/c1-4-7-16-10-11(9-15-16)12(13(17)19-5-2)14-6-8-18-3/h9-10,12,14H,4-8H2,1-3H3. The van der Waals surface area contributed by atoms with Crippen molar-refractivity contribution in [2.45, 2.75) is 32.9 Å². The zero-order valence-corrected chi connectivity index (χ0v) is 11.9. The number of rotatable bonds is 9. The van der Waals surface area contributed by atoms with E-state index in [0.29, 0.717) is 19.8 Å². The Kier molecular flexibility index (Phi) is 7.14. The molecule has 1 aromatic heterocycles. The Morgan fingerprint density at radius 2 is 2.32 bits per heavy atom. The topological polar surface area (TPSA) is 65.4 Å². The molecule has 0 saturated carbocycles. The fraction of sp³-hybridized carbons (Fsp3) is 0.692. The Morgan fingerprint density at radius 1 is 1.53 bits per heavy atom. The van der Waals surface area contributed by atoms with Gasteiger partial charge in [0.05, 0.1) is 19.4 Å². The molecule has 0 aliphatic heterocycles. The molecule has 0 bridgehead atoms. The molecule has 6 nitrogen and oxygen atoms in total. The van der Waals surface area contributed by atoms with Crippen molar-refractivity contribution < 1.29 is 14.3 Å². The van der Waals surface area contributed by atoms with Crippen LogP contribution in [0.3, 0.4) is 0 Å². The van der Waals surface area contributed by atoms with Crippen LogP contribution in [0.2, 0.25) is 0 Å². The van der Waals surface area contributed by atoms with Gasteiger partial charge in [-0.1, -0.05) is 6.92 Å². The predicted molar refractivity (Wildman–Crippen MR) is 71.8 cm³/mol. The van der Waals surface area contributed by atoms with Crippen LogP contribution >= 0.6 is 0 Å². The second-order valence-electron chi connectivity index (χ2n) is 4.17. The molecule has 0 fully saturated rings. The van der Waals surface area contributed by atoms with Crippen molar-refractivity contribution in [3.63, 3.8) is 0 Å². The summed E-state index contributed by atoms with van der Waals surface area (Å²) in [4.78, 5) is 11.9. The average Bonchev–Trinajstić information content (AvgIpc) is 2.84. The summed E-state index contributed by atoms with van der Waals surface area (Å²) in [7, 11) is 1.63. The molecule has 1 unspecified atom stereocenters. The van der Waals surface area contributed by atoms with Crippen molar-refractivity contribution >= 4 is 5.97 Å². The molecule has 6 heteroatoms. The molecule has 1 N–H and O–H groups in total. The van der Waals surface area contributed by atoms with Gasteiger partial charge in [-0.05, 0) is 13.3 Å². The number of carbonyl (C=O) groups is 1. The number of nitrogens with one attached hydrogen (secondary N) is 1. The number of aryl methyl sites for hydroxylation is 1. The van der Waals surface area contributed by atoms with Crippen LogP contribution in [-0.4, -0.2) is 42.6 Å². The van der Waals surface area contributed by atoms with Crippen LogP contribution in [0.4, 0.5) is 0 Å². The lowest BCUT2D eigenvalue weighted by molar-refractivity contribution is -0.145. The summed E-state index contributed by atoms with van der Waals surface area (Å²) in [5, 5.41) is 7.36. The largest absolute Gasteiger partial charge is 0.465 e. The van der Waals surface area contributed by atoms with Gasteiger partial charge in [0.15, 0.2) is 0 Å². The first-order valence-electron chi connectivity index (χ1n) is 6.64. The van der Waals surface area contributed by atoms with Crippen LogP contribution in [0, 0.1) is 0 Å². The van der Waals surface area contributed by atoms with E-state index in [-0.39, 0.29) is 5.97 Å². The zero-order valence-electron chi connectivity index (χ0n) is 11.9. The van der Waals surface area contributed by atoms with E-state index in [1.807, 2.05) is 10.9 Å². The van der Waals surface area contributed by atoms with Crippen LogP contribution in [-0.2, 0) is 20.8 Å². The van der Waals surface area contributed by atoms with E-state index < -0.39 is 6.04 Å². The number of aromatic nitrogens is 2. The average molecular weight is 269 g/mol. The molecule has 108 valence electrons. The monoisotopic (exact) mass is 269 g/mol. The summed E-state index contributed by atoms with van der Waals surface area (Å²) in [5.74, 6) is -0.283. The molecule has 1 aromatic rings. The molecule has 0 saturated heterocycles. The van der Waals surface area contributed by atoms with E-state index in [0.717, 1.165) is 18.5 Å². The van der Waals surface area contributed by atoms with Crippen LogP contribution in [0.15, 0.2) is 12.4 Å². The number of methoxy groups -OCH3 is 1. The highest BCUT2D eigenvalue weighted by Gasteiger charge is 2.22. The summed E-state index contributed by atoms with van der Waals surface area (Å²) in [6.07, 6.45) is 4.59. The first-order chi connectivity index (χ1) is 9.22. The van der Waals surface area contributed by atoms with Gasteiger partial charge in [-0.25, -0.2) is 4.79 Å². The first kappa shape index (κ1) is 15.7. The van der Waals surface area contributed by atoms with E-state index in [1.165, 1.54) is 0 Å². The number of hydrogen-bond donors (Lipinski definition) is 1. The molecule has 19 heavy (non-hydrogen) atoms. The number of esters is 1. The maximum atomic E-state index is 11.9. The van der Waals surface area contributed by atoms with Gasteiger partial charge in [-0.2, -0.15) is 5.10 Å². The van der Waals surface area contributed by atoms with Gasteiger partial charge in [0.1, 0.15) is 6.04 Å². The van der Waals surface area contributed by atoms with Gasteiger partial charge < -0.3 is 9.47 Å². The Bertz CT molecular complexity index is 379. The zero-order chi connectivity index (χ0) is 14.1. The van der Waals surface area contributed by atoms with Crippen LogP contribution in [0.25, 0.3) is 0 Å². The molecule has 0 radical (unpaired) electrons. The Labute approximate surface area is 114 Å². The highest BCUT2D eigenvalue weighted by Crippen LogP contribution is 2.14. The predicted octanol–water partition coefficient (Wildman–Crippen LogP) is 1.13.